The van der Waals surface area contributed by atoms with Crippen molar-refractivity contribution in [3.63, 3.8) is 0 Å². The Kier molecular flexibility index (Phi) is 4.90. The van der Waals surface area contributed by atoms with E-state index in [1.807, 2.05) is 0 Å². The van der Waals surface area contributed by atoms with Gasteiger partial charge < -0.3 is 15.7 Å². The van der Waals surface area contributed by atoms with Crippen LogP contribution in [0.1, 0.15) is 5.56 Å². The highest BCUT2D eigenvalue weighted by molar-refractivity contribution is 6.44. The molecule has 0 aromatic heterocycles. The van der Waals surface area contributed by atoms with Crippen molar-refractivity contribution in [2.24, 2.45) is 0 Å². The third-order valence-electron chi connectivity index (χ3n) is 2.73. The predicted octanol–water partition coefficient (Wildman–Crippen LogP) is 3.58. The number of rotatable bonds is 2. The van der Waals surface area contributed by atoms with Crippen LogP contribution in [0.3, 0.4) is 0 Å². The molecule has 7 heteroatoms. The Labute approximate surface area is 136 Å². The van der Waals surface area contributed by atoms with Gasteiger partial charge in [-0.25, -0.2) is 0 Å². The summed E-state index contributed by atoms with van der Waals surface area (Å²) in [6.07, 6.45) is 0. The lowest BCUT2D eigenvalue weighted by Crippen LogP contribution is -2.29. The van der Waals surface area contributed by atoms with Crippen LogP contribution in [-0.2, 0) is 9.59 Å². The molecule has 0 spiro atoms. The normalized spacial score (nSPS) is 10.1. The van der Waals surface area contributed by atoms with Crippen LogP contribution in [0.5, 0.6) is 5.75 Å². The van der Waals surface area contributed by atoms with Crippen molar-refractivity contribution in [2.45, 2.75) is 6.92 Å². The van der Waals surface area contributed by atoms with E-state index in [9.17, 15) is 14.7 Å². The Balaban J connectivity index is 2.07. The van der Waals surface area contributed by atoms with Gasteiger partial charge in [0.15, 0.2) is 0 Å². The number of anilines is 2. The van der Waals surface area contributed by atoms with Crippen LogP contribution in [0, 0.1) is 6.92 Å². The molecular weight excluding hydrogens is 327 g/mol. The van der Waals surface area contributed by atoms with Gasteiger partial charge in [-0.3, -0.25) is 9.59 Å². The molecule has 2 rings (SSSR count). The first-order valence-electron chi connectivity index (χ1n) is 6.23. The summed E-state index contributed by atoms with van der Waals surface area (Å²) in [5.74, 6) is -1.94. The van der Waals surface area contributed by atoms with Gasteiger partial charge in [0, 0.05) is 15.7 Å². The number of hydrogen-bond acceptors (Lipinski definition) is 3. The molecule has 0 unspecified atom stereocenters. The van der Waals surface area contributed by atoms with E-state index < -0.39 is 11.8 Å². The van der Waals surface area contributed by atoms with Gasteiger partial charge in [0.05, 0.1) is 5.69 Å². The summed E-state index contributed by atoms with van der Waals surface area (Å²) in [7, 11) is 0. The smallest absolute Gasteiger partial charge is 0.314 e. The maximum Gasteiger partial charge on any atom is 0.314 e. The number of nitrogens with one attached hydrogen (secondary N) is 2. The summed E-state index contributed by atoms with van der Waals surface area (Å²) in [5, 5.41) is 15.1. The second kappa shape index (κ2) is 6.68. The maximum atomic E-state index is 11.8. The predicted molar refractivity (Wildman–Crippen MR) is 86.6 cm³/mol. The summed E-state index contributed by atoms with van der Waals surface area (Å²) in [6, 6.07) is 9.10. The highest BCUT2D eigenvalue weighted by Crippen LogP contribution is 2.24. The molecule has 0 radical (unpaired) electrons. The van der Waals surface area contributed by atoms with Crippen molar-refractivity contribution in [2.75, 3.05) is 10.6 Å². The van der Waals surface area contributed by atoms with E-state index in [-0.39, 0.29) is 11.4 Å². The lowest BCUT2D eigenvalue weighted by molar-refractivity contribution is -0.133. The van der Waals surface area contributed by atoms with Crippen molar-refractivity contribution >= 4 is 46.4 Å². The summed E-state index contributed by atoms with van der Waals surface area (Å²) in [6.45, 7) is 1.79. The van der Waals surface area contributed by atoms with Crippen LogP contribution in [0.4, 0.5) is 11.4 Å². The first-order valence-corrected chi connectivity index (χ1v) is 6.99. The Morgan fingerprint density at radius 3 is 2.14 bits per heavy atom. The summed E-state index contributed by atoms with van der Waals surface area (Å²) in [5.41, 5.74) is 1.27. The van der Waals surface area contributed by atoms with Crippen molar-refractivity contribution < 1.29 is 14.7 Å². The molecule has 0 atom stereocenters. The van der Waals surface area contributed by atoms with E-state index in [1.54, 1.807) is 13.0 Å². The zero-order valence-corrected chi connectivity index (χ0v) is 13.0. The molecule has 2 aromatic rings. The molecule has 0 fully saturated rings. The molecule has 0 aliphatic carbocycles. The maximum absolute atomic E-state index is 11.8. The SMILES string of the molecule is Cc1ccc(NC(=O)C(=O)Nc2cc(Cl)cc(Cl)c2)c(O)c1. The van der Waals surface area contributed by atoms with E-state index in [1.165, 1.54) is 30.3 Å². The minimum atomic E-state index is -0.921. The minimum Gasteiger partial charge on any atom is -0.506 e. The number of aromatic hydroxyl groups is 1. The zero-order valence-electron chi connectivity index (χ0n) is 11.5. The third kappa shape index (κ3) is 4.13. The zero-order chi connectivity index (χ0) is 16.3. The summed E-state index contributed by atoms with van der Waals surface area (Å²) >= 11 is 11.6. The van der Waals surface area contributed by atoms with Crippen LogP contribution >= 0.6 is 23.2 Å². The lowest BCUT2D eigenvalue weighted by Gasteiger charge is -2.09. The first kappa shape index (κ1) is 16.1. The number of phenolic OH excluding ortho intramolecular Hbond substituents is 1. The van der Waals surface area contributed by atoms with Gasteiger partial charge in [-0.1, -0.05) is 29.3 Å². The number of amides is 2. The fourth-order valence-electron chi connectivity index (χ4n) is 1.74. The van der Waals surface area contributed by atoms with Gasteiger partial charge in [0.1, 0.15) is 5.75 Å². The fraction of sp³-hybridized carbons (Fsp3) is 0.0667. The van der Waals surface area contributed by atoms with Crippen LogP contribution in [0.15, 0.2) is 36.4 Å². The van der Waals surface area contributed by atoms with Crippen molar-refractivity contribution in [1.82, 2.24) is 0 Å². The fourth-order valence-corrected chi connectivity index (χ4v) is 2.27. The quantitative estimate of drug-likeness (QED) is 0.578. The molecular formula is C15H12Cl2N2O3. The van der Waals surface area contributed by atoms with Gasteiger partial charge in [0.2, 0.25) is 0 Å². The standard InChI is InChI=1S/C15H12Cl2N2O3/c1-8-2-3-12(13(20)4-8)19-15(22)14(21)18-11-6-9(16)5-10(17)7-11/h2-7,20H,1H3,(H,18,21)(H,19,22). The van der Waals surface area contributed by atoms with Gasteiger partial charge in [0.25, 0.3) is 0 Å². The molecule has 5 nitrogen and oxygen atoms in total. The molecule has 0 saturated carbocycles. The second-order valence-corrected chi connectivity index (χ2v) is 5.46. The molecule has 0 aliphatic heterocycles. The molecule has 3 N–H and O–H groups in total. The number of carbonyl (C=O) groups is 2. The highest BCUT2D eigenvalue weighted by atomic mass is 35.5. The number of benzene rings is 2. The van der Waals surface area contributed by atoms with Crippen LogP contribution < -0.4 is 10.6 Å². The molecule has 114 valence electrons. The van der Waals surface area contributed by atoms with Crippen LogP contribution in [0.25, 0.3) is 0 Å². The third-order valence-corrected chi connectivity index (χ3v) is 3.16. The lowest BCUT2D eigenvalue weighted by atomic mass is 10.2. The van der Waals surface area contributed by atoms with E-state index in [2.05, 4.69) is 10.6 Å². The van der Waals surface area contributed by atoms with Gasteiger partial charge in [-0.2, -0.15) is 0 Å². The molecule has 22 heavy (non-hydrogen) atoms. The average Bonchev–Trinajstić information content (AvgIpc) is 2.40. The van der Waals surface area contributed by atoms with Gasteiger partial charge >= 0.3 is 11.8 Å². The number of aryl methyl sites for hydroxylation is 1. The summed E-state index contributed by atoms with van der Waals surface area (Å²) < 4.78 is 0. The largest absolute Gasteiger partial charge is 0.506 e. The number of hydrogen-bond donors (Lipinski definition) is 3. The van der Waals surface area contributed by atoms with Gasteiger partial charge in [-0.15, -0.1) is 0 Å². The first-order chi connectivity index (χ1) is 10.3. The van der Waals surface area contributed by atoms with Crippen molar-refractivity contribution in [3.05, 3.63) is 52.0 Å². The Bertz CT molecular complexity index is 727. The Morgan fingerprint density at radius 1 is 0.955 bits per heavy atom. The van der Waals surface area contributed by atoms with Crippen LogP contribution in [-0.4, -0.2) is 16.9 Å². The monoisotopic (exact) mass is 338 g/mol. The minimum absolute atomic E-state index is 0.119. The van der Waals surface area contributed by atoms with E-state index in [0.717, 1.165) is 5.56 Å². The molecule has 2 amide bonds. The van der Waals surface area contributed by atoms with E-state index in [4.69, 9.17) is 23.2 Å². The number of carbonyl (C=O) groups excluding carboxylic acids is 2. The Hall–Kier alpha value is -2.24. The van der Waals surface area contributed by atoms with E-state index in [0.29, 0.717) is 15.7 Å². The molecule has 2 aromatic carbocycles. The molecule has 0 heterocycles. The summed E-state index contributed by atoms with van der Waals surface area (Å²) in [4.78, 5) is 23.7. The Morgan fingerprint density at radius 2 is 1.55 bits per heavy atom. The number of halogens is 2. The second-order valence-electron chi connectivity index (χ2n) is 4.59. The van der Waals surface area contributed by atoms with Gasteiger partial charge in [-0.05, 0) is 42.8 Å². The molecule has 0 bridgehead atoms. The topological polar surface area (TPSA) is 78.4 Å². The van der Waals surface area contributed by atoms with Crippen LogP contribution in [0.2, 0.25) is 10.0 Å². The van der Waals surface area contributed by atoms with Crippen molar-refractivity contribution in [3.8, 4) is 5.75 Å². The van der Waals surface area contributed by atoms with Crippen molar-refractivity contribution in [1.29, 1.82) is 0 Å². The highest BCUT2D eigenvalue weighted by Gasteiger charge is 2.16. The number of phenols is 1. The van der Waals surface area contributed by atoms with E-state index >= 15 is 0 Å². The molecule has 0 aliphatic rings. The average molecular weight is 339 g/mol. The molecule has 0 saturated heterocycles.